The second kappa shape index (κ2) is 8.17. The molecule has 2 amide bonds. The van der Waals surface area contributed by atoms with Gasteiger partial charge < -0.3 is 19.6 Å². The van der Waals surface area contributed by atoms with E-state index in [4.69, 9.17) is 8.94 Å². The molecule has 11 heteroatoms. The molecule has 3 aromatic heterocycles. The maximum Gasteiger partial charge on any atom is 0.405 e. The maximum absolute atomic E-state index is 13.1. The van der Waals surface area contributed by atoms with Crippen molar-refractivity contribution in [3.8, 4) is 11.5 Å². The molecule has 0 radical (unpaired) electrons. The van der Waals surface area contributed by atoms with Gasteiger partial charge in [0.1, 0.15) is 12.2 Å². The summed E-state index contributed by atoms with van der Waals surface area (Å²) in [5, 5.41) is 8.68. The van der Waals surface area contributed by atoms with Crippen LogP contribution in [0.25, 0.3) is 22.6 Å². The maximum atomic E-state index is 13.1. The fourth-order valence-corrected chi connectivity index (χ4v) is 3.04. The molecule has 0 unspecified atom stereocenters. The number of nitrogens with zero attached hydrogens (tertiary/aromatic N) is 2. The average molecular weight is 444 g/mol. The molecule has 4 rings (SSSR count). The zero-order valence-electron chi connectivity index (χ0n) is 16.5. The molecule has 4 aromatic rings. The number of anilines is 1. The summed E-state index contributed by atoms with van der Waals surface area (Å²) in [5.74, 6) is -1.05. The smallest absolute Gasteiger partial charge is 0.405 e. The third-order valence-corrected chi connectivity index (χ3v) is 4.47. The van der Waals surface area contributed by atoms with Crippen LogP contribution in [-0.4, -0.2) is 34.7 Å². The van der Waals surface area contributed by atoms with Crippen LogP contribution >= 0.6 is 0 Å². The number of aromatic nitrogens is 2. The summed E-state index contributed by atoms with van der Waals surface area (Å²) >= 11 is 0. The molecule has 1 aromatic carbocycles. The summed E-state index contributed by atoms with van der Waals surface area (Å²) in [6, 6.07) is 10.4. The van der Waals surface area contributed by atoms with E-state index in [1.165, 1.54) is 36.6 Å². The molecule has 0 aliphatic heterocycles. The Bertz CT molecular complexity index is 1300. The van der Waals surface area contributed by atoms with E-state index in [1.54, 1.807) is 24.4 Å². The van der Waals surface area contributed by atoms with Gasteiger partial charge in [0, 0.05) is 11.3 Å². The number of rotatable bonds is 5. The van der Waals surface area contributed by atoms with Crippen LogP contribution in [0.2, 0.25) is 0 Å². The van der Waals surface area contributed by atoms with Crippen molar-refractivity contribution in [1.29, 1.82) is 0 Å². The highest BCUT2D eigenvalue weighted by Crippen LogP contribution is 2.28. The van der Waals surface area contributed by atoms with Gasteiger partial charge in [0.15, 0.2) is 5.76 Å². The standard InChI is InChI=1S/C21H15F3N4O4/c1-11-17-14(9-15(16-6-3-7-31-16)27-20(17)32-28-11)19(30)26-13-5-2-4-12(8-13)18(29)25-10-21(22,23)24/h2-9H,10H2,1H3,(H,25,29)(H,26,30). The molecule has 3 heterocycles. The summed E-state index contributed by atoms with van der Waals surface area (Å²) in [4.78, 5) is 29.4. The number of amides is 2. The molecule has 8 nitrogen and oxygen atoms in total. The van der Waals surface area contributed by atoms with Gasteiger partial charge in [-0.1, -0.05) is 11.2 Å². The number of nitrogens with one attached hydrogen (secondary N) is 2. The number of hydrogen-bond donors (Lipinski definition) is 2. The van der Waals surface area contributed by atoms with Crippen LogP contribution in [0, 0.1) is 6.92 Å². The number of pyridine rings is 1. The van der Waals surface area contributed by atoms with Crippen LogP contribution < -0.4 is 10.6 Å². The number of alkyl halides is 3. The normalized spacial score (nSPS) is 11.5. The molecule has 0 saturated heterocycles. The van der Waals surface area contributed by atoms with Crippen molar-refractivity contribution < 1.29 is 31.7 Å². The van der Waals surface area contributed by atoms with Gasteiger partial charge in [-0.25, -0.2) is 4.98 Å². The minimum absolute atomic E-state index is 0.0376. The SMILES string of the molecule is Cc1noc2nc(-c3ccco3)cc(C(=O)Nc3cccc(C(=O)NCC(F)(F)F)c3)c12. The van der Waals surface area contributed by atoms with Crippen LogP contribution in [0.1, 0.15) is 26.4 Å². The lowest BCUT2D eigenvalue weighted by molar-refractivity contribution is -0.123. The van der Waals surface area contributed by atoms with E-state index in [9.17, 15) is 22.8 Å². The van der Waals surface area contributed by atoms with Crippen LogP contribution in [0.15, 0.2) is 57.7 Å². The van der Waals surface area contributed by atoms with Gasteiger partial charge in [0.05, 0.1) is 22.9 Å². The largest absolute Gasteiger partial charge is 0.463 e. The Morgan fingerprint density at radius 3 is 2.62 bits per heavy atom. The Morgan fingerprint density at radius 1 is 1.09 bits per heavy atom. The predicted molar refractivity (Wildman–Crippen MR) is 107 cm³/mol. The first-order valence-electron chi connectivity index (χ1n) is 9.28. The van der Waals surface area contributed by atoms with Crippen molar-refractivity contribution in [2.75, 3.05) is 11.9 Å². The first kappa shape index (κ1) is 21.1. The van der Waals surface area contributed by atoms with Gasteiger partial charge in [0.2, 0.25) is 0 Å². The van der Waals surface area contributed by atoms with Crippen molar-refractivity contribution in [2.45, 2.75) is 13.1 Å². The highest BCUT2D eigenvalue weighted by atomic mass is 19.4. The highest BCUT2D eigenvalue weighted by molar-refractivity contribution is 6.13. The van der Waals surface area contributed by atoms with Gasteiger partial charge in [-0.2, -0.15) is 13.2 Å². The van der Waals surface area contributed by atoms with E-state index >= 15 is 0 Å². The van der Waals surface area contributed by atoms with Crippen molar-refractivity contribution in [3.05, 3.63) is 65.5 Å². The van der Waals surface area contributed by atoms with Crippen molar-refractivity contribution >= 4 is 28.6 Å². The van der Waals surface area contributed by atoms with E-state index in [-0.39, 0.29) is 22.5 Å². The molecule has 0 spiro atoms. The van der Waals surface area contributed by atoms with Crippen LogP contribution in [0.3, 0.4) is 0 Å². The average Bonchev–Trinajstić information content (AvgIpc) is 3.41. The lowest BCUT2D eigenvalue weighted by atomic mass is 10.1. The lowest BCUT2D eigenvalue weighted by Gasteiger charge is -2.10. The van der Waals surface area contributed by atoms with E-state index in [0.29, 0.717) is 22.5 Å². The predicted octanol–water partition coefficient (Wildman–Crippen LogP) is 4.34. The zero-order valence-corrected chi connectivity index (χ0v) is 16.5. The summed E-state index contributed by atoms with van der Waals surface area (Å²) in [7, 11) is 0. The lowest BCUT2D eigenvalue weighted by Crippen LogP contribution is -2.33. The molecule has 0 aliphatic rings. The number of hydrogen-bond acceptors (Lipinski definition) is 6. The quantitative estimate of drug-likeness (QED) is 0.474. The summed E-state index contributed by atoms with van der Waals surface area (Å²) in [5.41, 5.74) is 1.32. The minimum atomic E-state index is -4.53. The summed E-state index contributed by atoms with van der Waals surface area (Å²) in [6.07, 6.45) is -3.07. The highest BCUT2D eigenvalue weighted by Gasteiger charge is 2.28. The number of carbonyl (C=O) groups is 2. The number of carbonyl (C=O) groups excluding carboxylic acids is 2. The topological polar surface area (TPSA) is 110 Å². The molecule has 164 valence electrons. The Balaban J connectivity index is 1.62. The number of halogens is 3. The Labute approximate surface area is 178 Å². The molecule has 0 atom stereocenters. The second-order valence-corrected chi connectivity index (χ2v) is 6.81. The summed E-state index contributed by atoms with van der Waals surface area (Å²) < 4.78 is 47.6. The van der Waals surface area contributed by atoms with Gasteiger partial charge >= 0.3 is 6.18 Å². The van der Waals surface area contributed by atoms with E-state index in [0.717, 1.165) is 0 Å². The Morgan fingerprint density at radius 2 is 1.91 bits per heavy atom. The van der Waals surface area contributed by atoms with Crippen LogP contribution in [0.4, 0.5) is 18.9 Å². The van der Waals surface area contributed by atoms with E-state index in [1.807, 2.05) is 0 Å². The summed E-state index contributed by atoms with van der Waals surface area (Å²) in [6.45, 7) is 0.197. The first-order chi connectivity index (χ1) is 15.2. The molecule has 2 N–H and O–H groups in total. The molecule has 0 saturated carbocycles. The third kappa shape index (κ3) is 4.46. The van der Waals surface area contributed by atoms with Gasteiger partial charge in [-0.15, -0.1) is 0 Å². The first-order valence-corrected chi connectivity index (χ1v) is 9.28. The van der Waals surface area contributed by atoms with Crippen molar-refractivity contribution in [3.63, 3.8) is 0 Å². The Hall–Kier alpha value is -4.15. The number of benzene rings is 1. The fraction of sp³-hybridized carbons (Fsp3) is 0.143. The molecular formula is C21H15F3N4O4. The molecule has 0 fully saturated rings. The number of fused-ring (bicyclic) bond motifs is 1. The fourth-order valence-electron chi connectivity index (χ4n) is 3.04. The monoisotopic (exact) mass is 444 g/mol. The van der Waals surface area contributed by atoms with Crippen molar-refractivity contribution in [1.82, 2.24) is 15.5 Å². The third-order valence-electron chi connectivity index (χ3n) is 4.47. The number of aryl methyl sites for hydroxylation is 1. The van der Waals surface area contributed by atoms with E-state index in [2.05, 4.69) is 15.5 Å². The van der Waals surface area contributed by atoms with Gasteiger partial charge in [-0.05, 0) is 43.3 Å². The van der Waals surface area contributed by atoms with Gasteiger partial charge in [-0.3, -0.25) is 9.59 Å². The minimum Gasteiger partial charge on any atom is -0.463 e. The molecule has 32 heavy (non-hydrogen) atoms. The van der Waals surface area contributed by atoms with Gasteiger partial charge in [0.25, 0.3) is 17.5 Å². The number of furan rings is 1. The Kier molecular flexibility index (Phi) is 5.39. The van der Waals surface area contributed by atoms with Crippen LogP contribution in [0.5, 0.6) is 0 Å². The van der Waals surface area contributed by atoms with Crippen LogP contribution in [-0.2, 0) is 0 Å². The molecular weight excluding hydrogens is 429 g/mol. The van der Waals surface area contributed by atoms with Crippen molar-refractivity contribution in [2.24, 2.45) is 0 Å². The second-order valence-electron chi connectivity index (χ2n) is 6.81. The molecule has 0 aliphatic carbocycles. The molecule has 0 bridgehead atoms. The van der Waals surface area contributed by atoms with E-state index < -0.39 is 24.5 Å². The zero-order chi connectivity index (χ0) is 22.9.